The summed E-state index contributed by atoms with van der Waals surface area (Å²) in [5, 5.41) is 4.44. The summed E-state index contributed by atoms with van der Waals surface area (Å²) >= 11 is 6.12. The third-order valence-corrected chi connectivity index (χ3v) is 3.87. The number of hydrogen-bond donors (Lipinski definition) is 1. The topological polar surface area (TPSA) is 21.3 Å². The fraction of sp³-hybridized carbons (Fsp3) is 0.500. The van der Waals surface area contributed by atoms with Crippen LogP contribution in [0.15, 0.2) is 30.0 Å². The Hall–Kier alpha value is -0.990. The SMILES string of the molecule is CCCNC(C1=COCCC1)c1ccc(Cl)c(C)c1. The van der Waals surface area contributed by atoms with Gasteiger partial charge in [-0.05, 0) is 55.5 Å². The van der Waals surface area contributed by atoms with E-state index >= 15 is 0 Å². The van der Waals surface area contributed by atoms with Gasteiger partial charge in [0.2, 0.25) is 0 Å². The van der Waals surface area contributed by atoms with Crippen LogP contribution in [0.2, 0.25) is 5.02 Å². The van der Waals surface area contributed by atoms with Crippen LogP contribution in [-0.4, -0.2) is 13.2 Å². The molecule has 0 radical (unpaired) electrons. The maximum absolute atomic E-state index is 6.12. The Labute approximate surface area is 120 Å². The van der Waals surface area contributed by atoms with Crippen molar-refractivity contribution in [3.63, 3.8) is 0 Å². The van der Waals surface area contributed by atoms with Gasteiger partial charge in [-0.25, -0.2) is 0 Å². The monoisotopic (exact) mass is 279 g/mol. The number of rotatable bonds is 5. The summed E-state index contributed by atoms with van der Waals surface area (Å²) in [7, 11) is 0. The maximum Gasteiger partial charge on any atom is 0.0876 e. The molecular formula is C16H22ClNO. The van der Waals surface area contributed by atoms with Crippen LogP contribution in [0.3, 0.4) is 0 Å². The van der Waals surface area contributed by atoms with Crippen molar-refractivity contribution < 1.29 is 4.74 Å². The summed E-state index contributed by atoms with van der Waals surface area (Å²) in [6.45, 7) is 6.07. The van der Waals surface area contributed by atoms with Gasteiger partial charge in [-0.2, -0.15) is 0 Å². The van der Waals surface area contributed by atoms with Gasteiger partial charge in [0.25, 0.3) is 0 Å². The number of aryl methyl sites for hydroxylation is 1. The molecule has 1 aromatic rings. The Morgan fingerprint density at radius 2 is 2.26 bits per heavy atom. The average Bonchev–Trinajstić information content (AvgIpc) is 2.44. The largest absolute Gasteiger partial charge is 0.501 e. The Balaban J connectivity index is 2.25. The van der Waals surface area contributed by atoms with Crippen LogP contribution in [0.25, 0.3) is 0 Å². The highest BCUT2D eigenvalue weighted by molar-refractivity contribution is 6.31. The molecule has 1 aromatic carbocycles. The fourth-order valence-electron chi connectivity index (χ4n) is 2.40. The molecule has 3 heteroatoms. The molecule has 1 heterocycles. The zero-order valence-electron chi connectivity index (χ0n) is 11.7. The first-order chi connectivity index (χ1) is 9.22. The first-order valence-corrected chi connectivity index (χ1v) is 7.40. The zero-order valence-corrected chi connectivity index (χ0v) is 12.5. The van der Waals surface area contributed by atoms with Gasteiger partial charge < -0.3 is 10.1 Å². The first-order valence-electron chi connectivity index (χ1n) is 7.02. The number of nitrogens with one attached hydrogen (secondary N) is 1. The van der Waals surface area contributed by atoms with Gasteiger partial charge in [0.1, 0.15) is 0 Å². The molecule has 1 atom stereocenters. The highest BCUT2D eigenvalue weighted by atomic mass is 35.5. The molecule has 0 amide bonds. The van der Waals surface area contributed by atoms with Crippen molar-refractivity contribution in [1.29, 1.82) is 0 Å². The van der Waals surface area contributed by atoms with Crippen LogP contribution in [0, 0.1) is 6.92 Å². The van der Waals surface area contributed by atoms with E-state index in [9.17, 15) is 0 Å². The molecule has 104 valence electrons. The highest BCUT2D eigenvalue weighted by Crippen LogP contribution is 2.29. The lowest BCUT2D eigenvalue weighted by Crippen LogP contribution is -2.25. The summed E-state index contributed by atoms with van der Waals surface area (Å²) < 4.78 is 5.49. The Morgan fingerprint density at radius 1 is 1.42 bits per heavy atom. The van der Waals surface area contributed by atoms with Crippen molar-refractivity contribution in [2.24, 2.45) is 0 Å². The van der Waals surface area contributed by atoms with Crippen LogP contribution in [0.4, 0.5) is 0 Å². The van der Waals surface area contributed by atoms with Crippen molar-refractivity contribution in [3.05, 3.63) is 46.2 Å². The van der Waals surface area contributed by atoms with Gasteiger partial charge in [0.15, 0.2) is 0 Å². The molecule has 0 spiro atoms. The van der Waals surface area contributed by atoms with E-state index in [0.29, 0.717) is 0 Å². The van der Waals surface area contributed by atoms with Crippen LogP contribution >= 0.6 is 11.6 Å². The molecule has 2 rings (SSSR count). The summed E-state index contributed by atoms with van der Waals surface area (Å²) in [5.74, 6) is 0. The molecule has 0 bridgehead atoms. The van der Waals surface area contributed by atoms with Gasteiger partial charge in [0.05, 0.1) is 18.9 Å². The molecule has 1 N–H and O–H groups in total. The van der Waals surface area contributed by atoms with Crippen LogP contribution in [-0.2, 0) is 4.74 Å². The fourth-order valence-corrected chi connectivity index (χ4v) is 2.51. The van der Waals surface area contributed by atoms with Crippen molar-refractivity contribution in [3.8, 4) is 0 Å². The van der Waals surface area contributed by atoms with E-state index in [1.54, 1.807) is 0 Å². The number of ether oxygens (including phenoxy) is 1. The Bertz CT molecular complexity index is 456. The van der Waals surface area contributed by atoms with E-state index in [1.807, 2.05) is 12.3 Å². The van der Waals surface area contributed by atoms with Gasteiger partial charge in [-0.1, -0.05) is 30.7 Å². The molecule has 0 aliphatic carbocycles. The van der Waals surface area contributed by atoms with E-state index in [4.69, 9.17) is 16.3 Å². The zero-order chi connectivity index (χ0) is 13.7. The number of halogens is 1. The Kier molecular flexibility index (Phi) is 5.29. The minimum absolute atomic E-state index is 0.246. The maximum atomic E-state index is 6.12. The number of benzene rings is 1. The van der Waals surface area contributed by atoms with E-state index in [-0.39, 0.29) is 6.04 Å². The molecule has 0 aromatic heterocycles. The lowest BCUT2D eigenvalue weighted by atomic mass is 9.94. The third-order valence-electron chi connectivity index (χ3n) is 3.45. The van der Waals surface area contributed by atoms with Crippen LogP contribution in [0.5, 0.6) is 0 Å². The summed E-state index contributed by atoms with van der Waals surface area (Å²) in [4.78, 5) is 0. The number of hydrogen-bond acceptors (Lipinski definition) is 2. The van der Waals surface area contributed by atoms with Crippen LogP contribution in [0.1, 0.15) is 43.4 Å². The predicted molar refractivity (Wildman–Crippen MR) is 80.5 cm³/mol. The normalized spacial score (nSPS) is 16.7. The average molecular weight is 280 g/mol. The standard InChI is InChI=1S/C16H22ClNO/c1-3-8-18-16(14-5-4-9-19-11-14)13-6-7-15(17)12(2)10-13/h6-7,10-11,16,18H,3-5,8-9H2,1-2H3. The molecule has 0 saturated carbocycles. The van der Waals surface area contributed by atoms with Gasteiger partial charge in [-0.3, -0.25) is 0 Å². The molecule has 0 saturated heterocycles. The molecule has 19 heavy (non-hydrogen) atoms. The smallest absolute Gasteiger partial charge is 0.0876 e. The van der Waals surface area contributed by atoms with Crippen molar-refractivity contribution >= 4 is 11.6 Å². The van der Waals surface area contributed by atoms with Gasteiger partial charge in [0, 0.05) is 5.02 Å². The van der Waals surface area contributed by atoms with E-state index in [2.05, 4.69) is 31.3 Å². The van der Waals surface area contributed by atoms with E-state index in [1.165, 1.54) is 11.1 Å². The van der Waals surface area contributed by atoms with Crippen molar-refractivity contribution in [2.45, 2.75) is 39.2 Å². The second kappa shape index (κ2) is 6.97. The molecule has 2 nitrogen and oxygen atoms in total. The quantitative estimate of drug-likeness (QED) is 0.863. The van der Waals surface area contributed by atoms with Crippen molar-refractivity contribution in [1.82, 2.24) is 5.32 Å². The predicted octanol–water partition coefficient (Wildman–Crippen LogP) is 4.38. The molecule has 1 unspecified atom stereocenters. The minimum Gasteiger partial charge on any atom is -0.501 e. The molecule has 0 fully saturated rings. The summed E-state index contributed by atoms with van der Waals surface area (Å²) in [6, 6.07) is 6.51. The lowest BCUT2D eigenvalue weighted by molar-refractivity contribution is 0.219. The molecule has 1 aliphatic heterocycles. The second-order valence-electron chi connectivity index (χ2n) is 5.06. The molecule has 1 aliphatic rings. The van der Waals surface area contributed by atoms with Crippen molar-refractivity contribution in [2.75, 3.05) is 13.2 Å². The molecular weight excluding hydrogens is 258 g/mol. The summed E-state index contributed by atoms with van der Waals surface area (Å²) in [5.41, 5.74) is 3.73. The van der Waals surface area contributed by atoms with Crippen LogP contribution < -0.4 is 5.32 Å². The minimum atomic E-state index is 0.246. The van der Waals surface area contributed by atoms with Gasteiger partial charge in [-0.15, -0.1) is 0 Å². The summed E-state index contributed by atoms with van der Waals surface area (Å²) in [6.07, 6.45) is 5.25. The Morgan fingerprint density at radius 3 is 2.89 bits per heavy atom. The lowest BCUT2D eigenvalue weighted by Gasteiger charge is -2.25. The second-order valence-corrected chi connectivity index (χ2v) is 5.47. The van der Waals surface area contributed by atoms with E-state index in [0.717, 1.165) is 43.0 Å². The highest BCUT2D eigenvalue weighted by Gasteiger charge is 2.18. The van der Waals surface area contributed by atoms with Gasteiger partial charge >= 0.3 is 0 Å². The van der Waals surface area contributed by atoms with E-state index < -0.39 is 0 Å². The first kappa shape index (κ1) is 14.4. The third kappa shape index (κ3) is 3.74.